The lowest BCUT2D eigenvalue weighted by molar-refractivity contribution is 0.00324. The average molecular weight is 376 g/mol. The van der Waals surface area contributed by atoms with Crippen LogP contribution in [0.5, 0.6) is 0 Å². The summed E-state index contributed by atoms with van der Waals surface area (Å²) in [5, 5.41) is 17.0. The molecule has 7 heteroatoms. The Labute approximate surface area is 161 Å². The molecule has 0 amide bonds. The molecule has 7 N–H and O–H groups in total. The molecule has 7 nitrogen and oxygen atoms in total. The number of unbranched alkanes of at least 4 members (excludes halogenated alkanes) is 1. The number of aliphatic hydroxyl groups is 1. The Morgan fingerprint density at radius 1 is 0.962 bits per heavy atom. The molecule has 0 aromatic heterocycles. The molecule has 0 bridgehead atoms. The van der Waals surface area contributed by atoms with Gasteiger partial charge in [-0.15, -0.1) is 0 Å². The van der Waals surface area contributed by atoms with Crippen molar-refractivity contribution in [1.82, 2.24) is 15.5 Å². The number of hydrogen-bond acceptors (Lipinski definition) is 7. The maximum Gasteiger partial charge on any atom is 0.0900 e. The molecule has 2 unspecified atom stereocenters. The summed E-state index contributed by atoms with van der Waals surface area (Å²) >= 11 is 0. The first-order valence-corrected chi connectivity index (χ1v) is 10.5. The monoisotopic (exact) mass is 375 g/mol. The summed E-state index contributed by atoms with van der Waals surface area (Å²) < 4.78 is 5.79. The normalized spacial score (nSPS) is 14.1. The fourth-order valence-corrected chi connectivity index (χ4v) is 2.84. The van der Waals surface area contributed by atoms with E-state index in [2.05, 4.69) is 29.4 Å². The Bertz CT molecular complexity index is 273. The summed E-state index contributed by atoms with van der Waals surface area (Å²) in [5.41, 5.74) is 11.0. The van der Waals surface area contributed by atoms with Crippen LogP contribution in [0.25, 0.3) is 0 Å². The van der Waals surface area contributed by atoms with Crippen molar-refractivity contribution >= 4 is 0 Å². The van der Waals surface area contributed by atoms with Gasteiger partial charge < -0.3 is 31.9 Å². The van der Waals surface area contributed by atoms with Crippen LogP contribution >= 0.6 is 0 Å². The molecule has 0 heterocycles. The number of aliphatic hydroxyl groups excluding tert-OH is 1. The van der Waals surface area contributed by atoms with Crippen molar-refractivity contribution in [2.24, 2.45) is 17.4 Å². The number of hydrogen-bond donors (Lipinski definition) is 5. The average Bonchev–Trinajstić information content (AvgIpc) is 2.64. The summed E-state index contributed by atoms with van der Waals surface area (Å²) in [6.07, 6.45) is 4.38. The summed E-state index contributed by atoms with van der Waals surface area (Å²) in [6, 6.07) is 0. The second-order valence-corrected chi connectivity index (χ2v) is 6.99. The molecule has 0 rings (SSSR count). The van der Waals surface area contributed by atoms with E-state index in [9.17, 15) is 5.11 Å². The molecule has 26 heavy (non-hydrogen) atoms. The number of nitrogens with one attached hydrogen (secondary N) is 2. The van der Waals surface area contributed by atoms with Crippen LogP contribution in [-0.4, -0.2) is 88.2 Å². The highest BCUT2D eigenvalue weighted by atomic mass is 16.5. The smallest absolute Gasteiger partial charge is 0.0900 e. The van der Waals surface area contributed by atoms with Crippen LogP contribution in [0.2, 0.25) is 0 Å². The summed E-state index contributed by atoms with van der Waals surface area (Å²) in [4.78, 5) is 2.26. The van der Waals surface area contributed by atoms with Gasteiger partial charge in [-0.05, 0) is 12.3 Å². The Hall–Kier alpha value is -0.280. The molecule has 0 spiro atoms. The Kier molecular flexibility index (Phi) is 19.3. The van der Waals surface area contributed by atoms with Crippen LogP contribution in [0, 0.1) is 5.92 Å². The van der Waals surface area contributed by atoms with Crippen LogP contribution in [0.1, 0.15) is 39.5 Å². The van der Waals surface area contributed by atoms with Gasteiger partial charge in [0, 0.05) is 65.5 Å². The van der Waals surface area contributed by atoms with Crippen molar-refractivity contribution in [1.29, 1.82) is 0 Å². The minimum Gasteiger partial charge on any atom is -0.389 e. The van der Waals surface area contributed by atoms with Crippen molar-refractivity contribution in [2.75, 3.05) is 72.1 Å². The Balaban J connectivity index is 4.08. The quantitative estimate of drug-likeness (QED) is 0.190. The van der Waals surface area contributed by atoms with Gasteiger partial charge in [0.15, 0.2) is 0 Å². The fourth-order valence-electron chi connectivity index (χ4n) is 2.84. The maximum atomic E-state index is 10.3. The molecule has 158 valence electrons. The molecule has 0 aromatic carbocycles. The molecule has 0 aliphatic heterocycles. The van der Waals surface area contributed by atoms with Crippen LogP contribution in [0.3, 0.4) is 0 Å². The highest BCUT2D eigenvalue weighted by Gasteiger charge is 2.13. The zero-order chi connectivity index (χ0) is 19.5. The van der Waals surface area contributed by atoms with Gasteiger partial charge in [0.1, 0.15) is 0 Å². The van der Waals surface area contributed by atoms with Gasteiger partial charge in [-0.1, -0.05) is 33.1 Å². The van der Waals surface area contributed by atoms with E-state index in [4.69, 9.17) is 16.2 Å². The van der Waals surface area contributed by atoms with Gasteiger partial charge in [0.25, 0.3) is 0 Å². The van der Waals surface area contributed by atoms with Gasteiger partial charge in [-0.3, -0.25) is 4.90 Å². The van der Waals surface area contributed by atoms with Gasteiger partial charge in [-0.25, -0.2) is 0 Å². The predicted octanol–water partition coefficient (Wildman–Crippen LogP) is -0.0211. The molecular weight excluding hydrogens is 330 g/mol. The van der Waals surface area contributed by atoms with Crippen molar-refractivity contribution in [2.45, 2.75) is 45.6 Å². The molecule has 0 aliphatic rings. The number of ether oxygens (including phenoxy) is 1. The lowest BCUT2D eigenvalue weighted by Gasteiger charge is -2.26. The molecule has 0 aliphatic carbocycles. The number of rotatable bonds is 20. The van der Waals surface area contributed by atoms with Gasteiger partial charge in [0.2, 0.25) is 0 Å². The number of nitrogens with zero attached hydrogens (tertiary/aromatic N) is 1. The molecule has 2 atom stereocenters. The van der Waals surface area contributed by atoms with Crippen molar-refractivity contribution < 1.29 is 9.84 Å². The Morgan fingerprint density at radius 3 is 2.08 bits per heavy atom. The van der Waals surface area contributed by atoms with E-state index in [1.807, 2.05) is 0 Å². The number of nitrogens with two attached hydrogens (primary N) is 2. The third-order valence-corrected chi connectivity index (χ3v) is 4.53. The van der Waals surface area contributed by atoms with E-state index in [1.54, 1.807) is 0 Å². The van der Waals surface area contributed by atoms with E-state index >= 15 is 0 Å². The van der Waals surface area contributed by atoms with E-state index in [0.29, 0.717) is 32.2 Å². The molecule has 0 radical (unpaired) electrons. The van der Waals surface area contributed by atoms with Crippen molar-refractivity contribution in [3.63, 3.8) is 0 Å². The second-order valence-electron chi connectivity index (χ2n) is 6.99. The minimum absolute atomic E-state index is 0.408. The van der Waals surface area contributed by atoms with Crippen molar-refractivity contribution in [3.8, 4) is 0 Å². The van der Waals surface area contributed by atoms with Gasteiger partial charge >= 0.3 is 0 Å². The zero-order valence-corrected chi connectivity index (χ0v) is 17.2. The van der Waals surface area contributed by atoms with Crippen molar-refractivity contribution in [3.05, 3.63) is 0 Å². The van der Waals surface area contributed by atoms with E-state index in [-0.39, 0.29) is 0 Å². The molecule has 0 aromatic rings. The molecule has 0 saturated heterocycles. The van der Waals surface area contributed by atoms with E-state index in [0.717, 1.165) is 52.3 Å². The van der Waals surface area contributed by atoms with Gasteiger partial charge in [-0.2, -0.15) is 0 Å². The standard InChI is InChI=1S/C19H45N5O2/c1-3-5-6-18(4-2)16-26-17-19(25)15-24(13-11-22-9-7-20)14-12-23-10-8-21/h18-19,22-23,25H,3-17,20-21H2,1-2H3. The summed E-state index contributed by atoms with van der Waals surface area (Å²) in [7, 11) is 0. The molecule has 0 saturated carbocycles. The minimum atomic E-state index is -0.456. The first-order valence-electron chi connectivity index (χ1n) is 10.5. The highest BCUT2D eigenvalue weighted by Crippen LogP contribution is 2.12. The molecule has 0 fully saturated rings. The fraction of sp³-hybridized carbons (Fsp3) is 1.00. The maximum absolute atomic E-state index is 10.3. The largest absolute Gasteiger partial charge is 0.389 e. The van der Waals surface area contributed by atoms with Crippen LogP contribution in [-0.2, 0) is 4.74 Å². The van der Waals surface area contributed by atoms with Crippen LogP contribution in [0.4, 0.5) is 0 Å². The lowest BCUT2D eigenvalue weighted by Crippen LogP contribution is -2.43. The first kappa shape index (κ1) is 25.7. The first-order chi connectivity index (χ1) is 12.7. The third-order valence-electron chi connectivity index (χ3n) is 4.53. The summed E-state index contributed by atoms with van der Waals surface area (Å²) in [6.45, 7) is 12.7. The topological polar surface area (TPSA) is 109 Å². The van der Waals surface area contributed by atoms with Crippen LogP contribution in [0.15, 0.2) is 0 Å². The summed E-state index contributed by atoms with van der Waals surface area (Å²) in [5.74, 6) is 0.610. The van der Waals surface area contributed by atoms with Gasteiger partial charge in [0.05, 0.1) is 12.7 Å². The second kappa shape index (κ2) is 19.5. The molecular formula is C19H45N5O2. The highest BCUT2D eigenvalue weighted by molar-refractivity contribution is 4.68. The lowest BCUT2D eigenvalue weighted by atomic mass is 10.0. The van der Waals surface area contributed by atoms with Crippen LogP contribution < -0.4 is 22.1 Å². The van der Waals surface area contributed by atoms with E-state index < -0.39 is 6.10 Å². The SMILES string of the molecule is CCCCC(CC)COCC(O)CN(CCNCCN)CCNCCN. The predicted molar refractivity (Wildman–Crippen MR) is 110 cm³/mol. The van der Waals surface area contributed by atoms with E-state index in [1.165, 1.54) is 19.3 Å². The zero-order valence-electron chi connectivity index (χ0n) is 17.2. The third kappa shape index (κ3) is 15.9. The Morgan fingerprint density at radius 2 is 1.58 bits per heavy atom.